The lowest BCUT2D eigenvalue weighted by Crippen LogP contribution is -2.41. The van der Waals surface area contributed by atoms with Gasteiger partial charge < -0.3 is 9.80 Å². The predicted octanol–water partition coefficient (Wildman–Crippen LogP) is 4.07. The molecule has 2 aromatic heterocycles. The molecule has 0 bridgehead atoms. The van der Waals surface area contributed by atoms with Crippen molar-refractivity contribution in [2.75, 3.05) is 20.6 Å². The minimum absolute atomic E-state index is 0.0377. The van der Waals surface area contributed by atoms with Crippen LogP contribution in [0.3, 0.4) is 0 Å². The van der Waals surface area contributed by atoms with E-state index in [1.54, 1.807) is 53.7 Å². The Bertz CT molecular complexity index is 1290. The van der Waals surface area contributed by atoms with Gasteiger partial charge in [0.25, 0.3) is 0 Å². The van der Waals surface area contributed by atoms with Crippen LogP contribution < -0.4 is 0 Å². The van der Waals surface area contributed by atoms with Crippen molar-refractivity contribution in [3.8, 4) is 16.9 Å². The summed E-state index contributed by atoms with van der Waals surface area (Å²) in [7, 11) is 3.35. The largest absolute Gasteiger partial charge is 0.340 e. The molecule has 1 unspecified atom stereocenters. The number of likely N-dealkylation sites (N-methyl/N-ethyl adjacent to an activating group) is 2. The first-order chi connectivity index (χ1) is 16.8. The number of amides is 2. The molecule has 0 N–H and O–H groups in total. The van der Waals surface area contributed by atoms with Crippen LogP contribution in [0.1, 0.15) is 18.5 Å². The second-order valence-corrected chi connectivity index (χ2v) is 8.83. The lowest BCUT2D eigenvalue weighted by molar-refractivity contribution is -0.140. The van der Waals surface area contributed by atoms with E-state index in [1.165, 1.54) is 4.90 Å². The Morgan fingerprint density at radius 1 is 1.00 bits per heavy atom. The van der Waals surface area contributed by atoms with E-state index in [0.29, 0.717) is 11.6 Å². The molecule has 0 aliphatic rings. The fourth-order valence-electron chi connectivity index (χ4n) is 3.78. The first kappa shape index (κ1) is 24.2. The molecule has 0 aliphatic carbocycles. The second kappa shape index (κ2) is 10.6. The average Bonchev–Trinajstić information content (AvgIpc) is 3.55. The summed E-state index contributed by atoms with van der Waals surface area (Å²) in [6, 6.07) is 18.5. The van der Waals surface area contributed by atoms with Crippen molar-refractivity contribution in [1.29, 1.82) is 0 Å². The average molecular weight is 491 g/mol. The van der Waals surface area contributed by atoms with Crippen LogP contribution in [0.4, 0.5) is 0 Å². The third-order valence-corrected chi connectivity index (χ3v) is 6.04. The van der Waals surface area contributed by atoms with Crippen LogP contribution >= 0.6 is 11.6 Å². The summed E-state index contributed by atoms with van der Waals surface area (Å²) in [5, 5.41) is 9.55. The van der Waals surface area contributed by atoms with Crippen LogP contribution in [-0.2, 0) is 16.1 Å². The highest BCUT2D eigenvalue weighted by molar-refractivity contribution is 6.30. The van der Waals surface area contributed by atoms with Gasteiger partial charge in [-0.1, -0.05) is 41.9 Å². The quantitative estimate of drug-likeness (QED) is 0.373. The zero-order chi connectivity index (χ0) is 24.9. The van der Waals surface area contributed by atoms with Gasteiger partial charge in [0.15, 0.2) is 0 Å². The summed E-state index contributed by atoms with van der Waals surface area (Å²) < 4.78 is 3.38. The number of benzene rings is 2. The number of hydrogen-bond donors (Lipinski definition) is 0. The van der Waals surface area contributed by atoms with Gasteiger partial charge in [-0.25, -0.2) is 4.68 Å². The monoisotopic (exact) mass is 490 g/mol. The van der Waals surface area contributed by atoms with E-state index in [9.17, 15) is 9.59 Å². The molecular formula is C26H27ClN6O2. The van der Waals surface area contributed by atoms with Crippen LogP contribution in [0.5, 0.6) is 0 Å². The molecule has 0 fully saturated rings. The van der Waals surface area contributed by atoms with Crippen molar-refractivity contribution < 1.29 is 9.59 Å². The third kappa shape index (κ3) is 5.60. The highest BCUT2D eigenvalue weighted by atomic mass is 35.5. The van der Waals surface area contributed by atoms with E-state index in [1.807, 2.05) is 60.8 Å². The molecular weight excluding hydrogens is 464 g/mol. The molecule has 1 atom stereocenters. The highest BCUT2D eigenvalue weighted by Gasteiger charge is 2.23. The van der Waals surface area contributed by atoms with Crippen LogP contribution in [-0.4, -0.2) is 61.8 Å². The van der Waals surface area contributed by atoms with Crippen molar-refractivity contribution >= 4 is 23.4 Å². The summed E-state index contributed by atoms with van der Waals surface area (Å²) in [4.78, 5) is 28.8. The zero-order valence-electron chi connectivity index (χ0n) is 19.9. The van der Waals surface area contributed by atoms with Crippen LogP contribution in [0, 0.1) is 0 Å². The first-order valence-corrected chi connectivity index (χ1v) is 11.6. The molecule has 0 saturated heterocycles. The van der Waals surface area contributed by atoms with E-state index in [-0.39, 0.29) is 18.4 Å². The van der Waals surface area contributed by atoms with E-state index in [2.05, 4.69) is 5.10 Å². The van der Waals surface area contributed by atoms with Gasteiger partial charge >= 0.3 is 0 Å². The Kier molecular flexibility index (Phi) is 7.31. The molecule has 2 aromatic carbocycles. The Hall–Kier alpha value is -3.91. The molecule has 0 aliphatic heterocycles. The molecule has 2 amide bonds. The molecule has 4 rings (SSSR count). The van der Waals surface area contributed by atoms with Gasteiger partial charge in [0.05, 0.1) is 17.9 Å². The highest BCUT2D eigenvalue weighted by Crippen LogP contribution is 2.26. The number of aromatic nitrogens is 4. The minimum Gasteiger partial charge on any atom is -0.340 e. The van der Waals surface area contributed by atoms with Crippen molar-refractivity contribution in [1.82, 2.24) is 29.4 Å². The van der Waals surface area contributed by atoms with Gasteiger partial charge in [-0.2, -0.15) is 10.2 Å². The predicted molar refractivity (Wildman–Crippen MR) is 135 cm³/mol. The summed E-state index contributed by atoms with van der Waals surface area (Å²) >= 11 is 6.08. The molecule has 9 heteroatoms. The molecule has 2 heterocycles. The maximum atomic E-state index is 13.0. The SMILES string of the molecule is CC(C(=O)N(C)CC(=O)N(C)Cc1cn(-c2ccccc2)nc1-c1ccc(Cl)cc1)n1cccn1. The van der Waals surface area contributed by atoms with Gasteiger partial charge in [-0.05, 0) is 37.3 Å². The Balaban J connectivity index is 1.52. The van der Waals surface area contributed by atoms with Crippen molar-refractivity contribution in [2.45, 2.75) is 19.5 Å². The maximum Gasteiger partial charge on any atom is 0.247 e. The number of hydrogen-bond acceptors (Lipinski definition) is 4. The molecule has 35 heavy (non-hydrogen) atoms. The molecule has 0 radical (unpaired) electrons. The van der Waals surface area contributed by atoms with Crippen LogP contribution in [0.25, 0.3) is 16.9 Å². The molecule has 0 saturated carbocycles. The van der Waals surface area contributed by atoms with Crippen molar-refractivity contribution in [2.24, 2.45) is 0 Å². The molecule has 4 aromatic rings. The topological polar surface area (TPSA) is 76.3 Å². The summed E-state index contributed by atoms with van der Waals surface area (Å²) in [5.74, 6) is -0.364. The van der Waals surface area contributed by atoms with Gasteiger partial charge in [-0.15, -0.1) is 0 Å². The zero-order valence-corrected chi connectivity index (χ0v) is 20.6. The van der Waals surface area contributed by atoms with Gasteiger partial charge in [0.1, 0.15) is 6.04 Å². The number of carbonyl (C=O) groups excluding carboxylic acids is 2. The molecule has 0 spiro atoms. The van der Waals surface area contributed by atoms with E-state index < -0.39 is 6.04 Å². The van der Waals surface area contributed by atoms with E-state index in [0.717, 1.165) is 22.5 Å². The number of rotatable bonds is 8. The Labute approximate surface area is 209 Å². The third-order valence-electron chi connectivity index (χ3n) is 5.79. The van der Waals surface area contributed by atoms with Gasteiger partial charge in [0, 0.05) is 55.4 Å². The van der Waals surface area contributed by atoms with E-state index >= 15 is 0 Å². The lowest BCUT2D eigenvalue weighted by Gasteiger charge is -2.24. The fraction of sp³-hybridized carbons (Fsp3) is 0.231. The van der Waals surface area contributed by atoms with Gasteiger partial charge in [0.2, 0.25) is 11.8 Å². The molecule has 8 nitrogen and oxygen atoms in total. The standard InChI is InChI=1S/C26H27ClN6O2/c1-19(32-15-7-14-28-32)26(35)31(3)18-24(34)30(2)16-21-17-33(23-8-5-4-6-9-23)29-25(21)20-10-12-22(27)13-11-20/h4-15,17,19H,16,18H2,1-3H3. The maximum absolute atomic E-state index is 13.0. The van der Waals surface area contributed by atoms with Crippen LogP contribution in [0.2, 0.25) is 5.02 Å². The smallest absolute Gasteiger partial charge is 0.247 e. The fourth-order valence-corrected chi connectivity index (χ4v) is 3.90. The summed E-state index contributed by atoms with van der Waals surface area (Å²) in [6.45, 7) is 2.06. The minimum atomic E-state index is -0.492. The Morgan fingerprint density at radius 3 is 2.37 bits per heavy atom. The summed E-state index contributed by atoms with van der Waals surface area (Å²) in [5.41, 5.74) is 3.47. The Morgan fingerprint density at radius 2 is 1.71 bits per heavy atom. The van der Waals surface area contributed by atoms with E-state index in [4.69, 9.17) is 16.7 Å². The second-order valence-electron chi connectivity index (χ2n) is 8.40. The molecule has 180 valence electrons. The number of carbonyl (C=O) groups is 2. The number of para-hydroxylation sites is 1. The van der Waals surface area contributed by atoms with Gasteiger partial charge in [-0.3, -0.25) is 14.3 Å². The number of halogens is 1. The lowest BCUT2D eigenvalue weighted by atomic mass is 10.1. The van der Waals surface area contributed by atoms with Crippen molar-refractivity contribution in [3.05, 3.63) is 89.8 Å². The first-order valence-electron chi connectivity index (χ1n) is 11.2. The van der Waals surface area contributed by atoms with Crippen LogP contribution in [0.15, 0.2) is 79.3 Å². The summed E-state index contributed by atoms with van der Waals surface area (Å²) in [6.07, 6.45) is 5.28. The normalized spacial score (nSPS) is 11.8. The van der Waals surface area contributed by atoms with Crippen molar-refractivity contribution in [3.63, 3.8) is 0 Å². The number of nitrogens with zero attached hydrogens (tertiary/aromatic N) is 6.